The van der Waals surface area contributed by atoms with E-state index in [4.69, 9.17) is 0 Å². The molecule has 0 fully saturated rings. The molecule has 16 heavy (non-hydrogen) atoms. The van der Waals surface area contributed by atoms with Crippen molar-refractivity contribution in [2.24, 2.45) is 0 Å². The second-order valence-electron chi connectivity index (χ2n) is 3.00. The third kappa shape index (κ3) is 2.81. The lowest BCUT2D eigenvalue weighted by Crippen LogP contribution is -2.01. The Morgan fingerprint density at radius 2 is 1.50 bits per heavy atom. The summed E-state index contributed by atoms with van der Waals surface area (Å²) in [6.45, 7) is 14.0. The predicted molar refractivity (Wildman–Crippen MR) is 69.9 cm³/mol. The van der Waals surface area contributed by atoms with Gasteiger partial charge in [-0.3, -0.25) is 4.98 Å². The van der Waals surface area contributed by atoms with E-state index in [1.54, 1.807) is 6.20 Å². The SMILES string of the molecule is CC.CC.Cc1nc(C)c2ccnn2c1C. The number of rotatable bonds is 0. The summed E-state index contributed by atoms with van der Waals surface area (Å²) in [6.07, 6.45) is 1.80. The molecule has 0 radical (unpaired) electrons. The van der Waals surface area contributed by atoms with Crippen LogP contribution in [0.5, 0.6) is 0 Å². The van der Waals surface area contributed by atoms with Crippen molar-refractivity contribution < 1.29 is 0 Å². The highest BCUT2D eigenvalue weighted by molar-refractivity contribution is 5.51. The monoisotopic (exact) mass is 221 g/mol. The van der Waals surface area contributed by atoms with Gasteiger partial charge in [-0.15, -0.1) is 0 Å². The van der Waals surface area contributed by atoms with Crippen LogP contribution in [0.15, 0.2) is 12.3 Å². The molecule has 0 atom stereocenters. The Bertz CT molecular complexity index is 430. The fourth-order valence-electron chi connectivity index (χ4n) is 1.39. The molecule has 0 N–H and O–H groups in total. The molecular weight excluding hydrogens is 198 g/mol. The zero-order valence-corrected chi connectivity index (χ0v) is 11.5. The largest absolute Gasteiger partial charge is 0.254 e. The zero-order chi connectivity index (χ0) is 12.7. The first-order chi connectivity index (χ1) is 7.70. The quantitative estimate of drug-likeness (QED) is 0.679. The molecule has 0 amide bonds. The van der Waals surface area contributed by atoms with E-state index in [0.717, 1.165) is 22.6 Å². The fraction of sp³-hybridized carbons (Fsp3) is 0.538. The van der Waals surface area contributed by atoms with Crippen LogP contribution in [0.3, 0.4) is 0 Å². The van der Waals surface area contributed by atoms with Crippen LogP contribution in [0.4, 0.5) is 0 Å². The molecule has 0 spiro atoms. The Labute approximate surface area is 98.5 Å². The second kappa shape index (κ2) is 6.99. The van der Waals surface area contributed by atoms with E-state index in [0.29, 0.717) is 0 Å². The van der Waals surface area contributed by atoms with Gasteiger partial charge >= 0.3 is 0 Å². The fourth-order valence-corrected chi connectivity index (χ4v) is 1.39. The maximum atomic E-state index is 4.41. The van der Waals surface area contributed by atoms with Gasteiger partial charge in [0.05, 0.1) is 28.8 Å². The second-order valence-corrected chi connectivity index (χ2v) is 3.00. The molecule has 2 rings (SSSR count). The van der Waals surface area contributed by atoms with E-state index in [-0.39, 0.29) is 0 Å². The minimum Gasteiger partial charge on any atom is -0.254 e. The van der Waals surface area contributed by atoms with Crippen LogP contribution < -0.4 is 0 Å². The molecule has 0 aliphatic carbocycles. The maximum absolute atomic E-state index is 4.41. The smallest absolute Gasteiger partial charge is 0.0877 e. The minimum absolute atomic E-state index is 1.04. The standard InChI is InChI=1S/C9H11N3.2C2H6/c1-6-8(3)12-9(4-5-10-12)7(2)11-6;2*1-2/h4-5H,1-3H3;2*1-2H3. The summed E-state index contributed by atoms with van der Waals surface area (Å²) in [5, 5.41) is 4.22. The molecule has 2 aromatic rings. The van der Waals surface area contributed by atoms with Gasteiger partial charge in [0.25, 0.3) is 0 Å². The van der Waals surface area contributed by atoms with Crippen molar-refractivity contribution in [1.82, 2.24) is 14.6 Å². The van der Waals surface area contributed by atoms with E-state index >= 15 is 0 Å². The highest BCUT2D eigenvalue weighted by Gasteiger charge is 2.04. The summed E-state index contributed by atoms with van der Waals surface area (Å²) in [7, 11) is 0. The number of hydrogen-bond donors (Lipinski definition) is 0. The number of aryl methyl sites for hydroxylation is 3. The van der Waals surface area contributed by atoms with E-state index in [9.17, 15) is 0 Å². The third-order valence-electron chi connectivity index (χ3n) is 2.19. The van der Waals surface area contributed by atoms with Crippen LogP contribution in [-0.4, -0.2) is 14.6 Å². The van der Waals surface area contributed by atoms with Gasteiger partial charge in [0.15, 0.2) is 0 Å². The molecule has 0 saturated heterocycles. The molecule has 0 unspecified atom stereocenters. The van der Waals surface area contributed by atoms with Crippen LogP contribution >= 0.6 is 0 Å². The molecule has 0 aliphatic heterocycles. The Kier molecular flexibility index (Phi) is 6.38. The summed E-state index contributed by atoms with van der Waals surface area (Å²) in [6, 6.07) is 1.98. The number of fused-ring (bicyclic) bond motifs is 1. The predicted octanol–water partition coefficient (Wildman–Crippen LogP) is 3.71. The van der Waals surface area contributed by atoms with Crippen molar-refractivity contribution in [3.63, 3.8) is 0 Å². The molecule has 3 nitrogen and oxygen atoms in total. The van der Waals surface area contributed by atoms with Crippen molar-refractivity contribution in [2.75, 3.05) is 0 Å². The molecule has 0 saturated carbocycles. The first-order valence-electron chi connectivity index (χ1n) is 5.97. The van der Waals surface area contributed by atoms with Crippen LogP contribution in [0.25, 0.3) is 5.52 Å². The highest BCUT2D eigenvalue weighted by atomic mass is 15.2. The van der Waals surface area contributed by atoms with Crippen molar-refractivity contribution in [2.45, 2.75) is 48.5 Å². The van der Waals surface area contributed by atoms with Gasteiger partial charge in [-0.2, -0.15) is 5.10 Å². The Morgan fingerprint density at radius 1 is 0.938 bits per heavy atom. The first-order valence-corrected chi connectivity index (χ1v) is 5.97. The van der Waals surface area contributed by atoms with Gasteiger partial charge in [-0.25, -0.2) is 4.52 Å². The topological polar surface area (TPSA) is 30.2 Å². The Balaban J connectivity index is 0.000000509. The summed E-state index contributed by atoms with van der Waals surface area (Å²) in [5.74, 6) is 0. The number of nitrogens with zero attached hydrogens (tertiary/aromatic N) is 3. The van der Waals surface area contributed by atoms with Crippen LogP contribution in [0, 0.1) is 20.8 Å². The maximum Gasteiger partial charge on any atom is 0.0877 e. The van der Waals surface area contributed by atoms with Crippen molar-refractivity contribution in [3.8, 4) is 0 Å². The third-order valence-corrected chi connectivity index (χ3v) is 2.19. The summed E-state index contributed by atoms with van der Waals surface area (Å²) in [5.41, 5.74) is 4.29. The molecule has 0 aliphatic rings. The lowest BCUT2D eigenvalue weighted by atomic mass is 10.3. The Hall–Kier alpha value is -1.38. The molecule has 3 heteroatoms. The van der Waals surface area contributed by atoms with Crippen molar-refractivity contribution in [3.05, 3.63) is 29.3 Å². The van der Waals surface area contributed by atoms with E-state index in [2.05, 4.69) is 10.1 Å². The molecule has 90 valence electrons. The van der Waals surface area contributed by atoms with E-state index in [1.165, 1.54) is 0 Å². The van der Waals surface area contributed by atoms with Crippen LogP contribution in [0.1, 0.15) is 44.8 Å². The number of hydrogen-bond acceptors (Lipinski definition) is 2. The average molecular weight is 221 g/mol. The zero-order valence-electron chi connectivity index (χ0n) is 11.5. The Morgan fingerprint density at radius 3 is 2.06 bits per heavy atom. The van der Waals surface area contributed by atoms with Crippen LogP contribution in [0.2, 0.25) is 0 Å². The van der Waals surface area contributed by atoms with Crippen molar-refractivity contribution in [1.29, 1.82) is 0 Å². The highest BCUT2D eigenvalue weighted by Crippen LogP contribution is 2.11. The van der Waals surface area contributed by atoms with Gasteiger partial charge in [0, 0.05) is 0 Å². The summed E-state index contributed by atoms with van der Waals surface area (Å²) < 4.78 is 1.93. The first kappa shape index (κ1) is 14.6. The van der Waals surface area contributed by atoms with Crippen molar-refractivity contribution >= 4 is 5.52 Å². The molecular formula is C13H23N3. The minimum atomic E-state index is 1.04. The van der Waals surface area contributed by atoms with Crippen LogP contribution in [-0.2, 0) is 0 Å². The normalized spacial score (nSPS) is 8.94. The van der Waals surface area contributed by atoms with E-state index < -0.39 is 0 Å². The lowest BCUT2D eigenvalue weighted by Gasteiger charge is -2.04. The van der Waals surface area contributed by atoms with Gasteiger partial charge in [0.2, 0.25) is 0 Å². The van der Waals surface area contributed by atoms with Gasteiger partial charge < -0.3 is 0 Å². The van der Waals surface area contributed by atoms with Gasteiger partial charge in [0.1, 0.15) is 0 Å². The number of aromatic nitrogens is 3. The van der Waals surface area contributed by atoms with Gasteiger partial charge in [-0.05, 0) is 26.8 Å². The summed E-state index contributed by atoms with van der Waals surface area (Å²) in [4.78, 5) is 4.41. The molecule has 2 heterocycles. The van der Waals surface area contributed by atoms with Gasteiger partial charge in [-0.1, -0.05) is 27.7 Å². The summed E-state index contributed by atoms with van der Waals surface area (Å²) >= 11 is 0. The lowest BCUT2D eigenvalue weighted by molar-refractivity contribution is 0.867. The molecule has 0 aromatic carbocycles. The molecule has 0 bridgehead atoms. The average Bonchev–Trinajstić information content (AvgIpc) is 2.81. The van der Waals surface area contributed by atoms with E-state index in [1.807, 2.05) is 59.0 Å². The molecule has 2 aromatic heterocycles.